The van der Waals surface area contributed by atoms with E-state index >= 15 is 0 Å². The van der Waals surface area contributed by atoms with Gasteiger partial charge in [0.15, 0.2) is 5.82 Å². The van der Waals surface area contributed by atoms with E-state index in [1.807, 2.05) is 24.3 Å². The van der Waals surface area contributed by atoms with Crippen LogP contribution in [0.1, 0.15) is 58.2 Å². The number of anilines is 1. The molecule has 10 heteroatoms. The van der Waals surface area contributed by atoms with E-state index in [0.29, 0.717) is 17.2 Å². The first kappa shape index (κ1) is 26.7. The molecule has 42 heavy (non-hydrogen) atoms. The third-order valence-corrected chi connectivity index (χ3v) is 8.99. The van der Waals surface area contributed by atoms with E-state index in [2.05, 4.69) is 43.4 Å². The number of imidazole rings is 1. The van der Waals surface area contributed by atoms with Gasteiger partial charge in [-0.15, -0.1) is 0 Å². The summed E-state index contributed by atoms with van der Waals surface area (Å²) in [6.07, 6.45) is 6.35. The Kier molecular flexibility index (Phi) is 7.14. The number of carbonyl (C=O) groups excluding carboxylic acids is 1. The average Bonchev–Trinajstić information content (AvgIpc) is 3.63. The molecule has 0 spiro atoms. The molecule has 3 aliphatic heterocycles. The summed E-state index contributed by atoms with van der Waals surface area (Å²) in [5.74, 6) is 1.67. The molecule has 7 rings (SSSR count). The van der Waals surface area contributed by atoms with Crippen molar-refractivity contribution in [3.63, 3.8) is 0 Å². The molecular weight excluding hydrogens is 530 g/mol. The zero-order valence-electron chi connectivity index (χ0n) is 23.9. The van der Waals surface area contributed by atoms with Gasteiger partial charge in [-0.25, -0.2) is 9.78 Å². The van der Waals surface area contributed by atoms with Crippen LogP contribution < -0.4 is 4.90 Å². The lowest BCUT2D eigenvalue weighted by Crippen LogP contribution is -2.36. The predicted molar refractivity (Wildman–Crippen MR) is 157 cm³/mol. The number of hydrogen-bond donors (Lipinski definition) is 0. The van der Waals surface area contributed by atoms with Crippen molar-refractivity contribution in [3.8, 4) is 6.07 Å². The van der Waals surface area contributed by atoms with E-state index < -0.39 is 0 Å². The van der Waals surface area contributed by atoms with Crippen LogP contribution >= 0.6 is 0 Å². The molecule has 0 N–H and O–H groups in total. The Labute approximate surface area is 245 Å². The van der Waals surface area contributed by atoms with E-state index in [4.69, 9.17) is 19.6 Å². The highest BCUT2D eigenvalue weighted by Gasteiger charge is 2.27. The fourth-order valence-electron chi connectivity index (χ4n) is 6.44. The number of hydrogen-bond acceptors (Lipinski definition) is 8. The second-order valence-electron chi connectivity index (χ2n) is 11.5. The number of piperidine rings is 1. The van der Waals surface area contributed by atoms with Crippen molar-refractivity contribution in [2.75, 3.05) is 38.3 Å². The highest BCUT2D eigenvalue weighted by molar-refractivity contribution is 5.93. The smallest absolute Gasteiger partial charge is 0.337 e. The van der Waals surface area contributed by atoms with Crippen LogP contribution in [0.3, 0.4) is 0 Å². The third-order valence-electron chi connectivity index (χ3n) is 8.99. The molecular formula is C32H35N7O3. The van der Waals surface area contributed by atoms with Crippen molar-refractivity contribution < 1.29 is 14.3 Å². The van der Waals surface area contributed by atoms with Crippen LogP contribution in [0.5, 0.6) is 0 Å². The summed E-state index contributed by atoms with van der Waals surface area (Å²) in [7, 11) is 1.41. The SMILES string of the molecule is COC(=O)c1ccc2nc(CN3CCC(n4ccc(N5CCc6ccc(C#N)cc6C5)n4)CC3)n(CC3CCO3)c2c1. The van der Waals surface area contributed by atoms with Gasteiger partial charge in [-0.1, -0.05) is 6.07 Å². The molecule has 0 aliphatic carbocycles. The number of aromatic nitrogens is 4. The normalized spacial score (nSPS) is 19.3. The van der Waals surface area contributed by atoms with Gasteiger partial charge in [0.1, 0.15) is 5.82 Å². The minimum atomic E-state index is -0.340. The number of rotatable bonds is 7. The number of nitriles is 1. The molecule has 216 valence electrons. The van der Waals surface area contributed by atoms with Gasteiger partial charge < -0.3 is 18.9 Å². The summed E-state index contributed by atoms with van der Waals surface area (Å²) >= 11 is 0. The Bertz CT molecular complexity index is 1660. The summed E-state index contributed by atoms with van der Waals surface area (Å²) in [5.41, 5.74) is 5.64. The van der Waals surface area contributed by atoms with E-state index in [1.165, 1.54) is 18.2 Å². The number of esters is 1. The molecule has 10 nitrogen and oxygen atoms in total. The highest BCUT2D eigenvalue weighted by atomic mass is 16.5. The van der Waals surface area contributed by atoms with Crippen molar-refractivity contribution in [3.05, 3.63) is 76.7 Å². The molecule has 2 aromatic carbocycles. The van der Waals surface area contributed by atoms with E-state index in [0.717, 1.165) is 94.2 Å². The third kappa shape index (κ3) is 5.14. The molecule has 4 aromatic rings. The molecule has 1 unspecified atom stereocenters. The molecule has 3 aliphatic rings. The van der Waals surface area contributed by atoms with Crippen LogP contribution in [0.2, 0.25) is 0 Å². The highest BCUT2D eigenvalue weighted by Crippen LogP contribution is 2.29. The Balaban J connectivity index is 1.02. The molecule has 2 fully saturated rings. The number of likely N-dealkylation sites (tertiary alicyclic amines) is 1. The van der Waals surface area contributed by atoms with Gasteiger partial charge in [-0.05, 0) is 67.1 Å². The lowest BCUT2D eigenvalue weighted by molar-refractivity contribution is -0.0592. The number of methoxy groups -OCH3 is 1. The van der Waals surface area contributed by atoms with Crippen LogP contribution in [-0.2, 0) is 35.5 Å². The van der Waals surface area contributed by atoms with E-state index in [9.17, 15) is 10.1 Å². The number of ether oxygens (including phenoxy) is 2. The molecule has 0 amide bonds. The van der Waals surface area contributed by atoms with Gasteiger partial charge in [0.25, 0.3) is 0 Å². The second-order valence-corrected chi connectivity index (χ2v) is 11.5. The number of fused-ring (bicyclic) bond motifs is 2. The molecule has 1 atom stereocenters. The van der Waals surface area contributed by atoms with Crippen LogP contribution in [-0.4, -0.2) is 69.7 Å². The van der Waals surface area contributed by atoms with Gasteiger partial charge >= 0.3 is 5.97 Å². The quantitative estimate of drug-likeness (QED) is 0.309. The van der Waals surface area contributed by atoms with Crippen molar-refractivity contribution >= 4 is 22.8 Å². The Hall–Kier alpha value is -4.20. The summed E-state index contributed by atoms with van der Waals surface area (Å²) in [6, 6.07) is 16.3. The first-order valence-corrected chi connectivity index (χ1v) is 14.8. The van der Waals surface area contributed by atoms with Gasteiger partial charge in [0, 0.05) is 45.0 Å². The van der Waals surface area contributed by atoms with Crippen LogP contribution in [0.25, 0.3) is 11.0 Å². The number of nitrogens with zero attached hydrogens (tertiary/aromatic N) is 7. The monoisotopic (exact) mass is 565 g/mol. The summed E-state index contributed by atoms with van der Waals surface area (Å²) in [4.78, 5) is 21.9. The maximum atomic E-state index is 12.2. The molecule has 0 radical (unpaired) electrons. The van der Waals surface area contributed by atoms with Gasteiger partial charge in [-0.3, -0.25) is 9.58 Å². The zero-order valence-corrected chi connectivity index (χ0v) is 23.9. The standard InChI is InChI=1S/C32H35N7O3/c1-41-32(40)24-4-5-28-29(17-24)38(20-27-10-15-42-27)31(34-28)21-36-11-7-26(8-12-36)39-14-9-30(35-39)37-13-6-23-3-2-22(18-33)16-25(23)19-37/h2-5,9,14,16-17,26-27H,6-8,10-13,15,19-21H2,1H3. The first-order chi connectivity index (χ1) is 20.6. The topological polar surface area (TPSA) is 101 Å². The number of benzene rings is 2. The molecule has 2 saturated heterocycles. The van der Waals surface area contributed by atoms with Crippen LogP contribution in [0.4, 0.5) is 5.82 Å². The Morgan fingerprint density at radius 3 is 2.71 bits per heavy atom. The summed E-state index contributed by atoms with van der Waals surface area (Å²) < 4.78 is 15.1. The van der Waals surface area contributed by atoms with Crippen molar-refractivity contribution in [1.82, 2.24) is 24.2 Å². The van der Waals surface area contributed by atoms with Crippen molar-refractivity contribution in [2.45, 2.75) is 57.5 Å². The Morgan fingerprint density at radius 1 is 1.10 bits per heavy atom. The van der Waals surface area contributed by atoms with Gasteiger partial charge in [0.2, 0.25) is 0 Å². The van der Waals surface area contributed by atoms with Gasteiger partial charge in [0.05, 0.1) is 60.6 Å². The maximum Gasteiger partial charge on any atom is 0.337 e. The molecule has 0 bridgehead atoms. The van der Waals surface area contributed by atoms with E-state index in [1.54, 1.807) is 6.07 Å². The number of carbonyl (C=O) groups is 1. The van der Waals surface area contributed by atoms with Crippen molar-refractivity contribution in [1.29, 1.82) is 5.26 Å². The summed E-state index contributed by atoms with van der Waals surface area (Å²) in [6.45, 7) is 5.94. The second kappa shape index (κ2) is 11.2. The summed E-state index contributed by atoms with van der Waals surface area (Å²) in [5, 5.41) is 14.3. The Morgan fingerprint density at radius 2 is 1.95 bits per heavy atom. The lowest BCUT2D eigenvalue weighted by Gasteiger charge is -2.33. The predicted octanol–water partition coefficient (Wildman–Crippen LogP) is 4.08. The van der Waals surface area contributed by atoms with Crippen molar-refractivity contribution in [2.24, 2.45) is 0 Å². The molecule has 2 aromatic heterocycles. The molecule has 5 heterocycles. The minimum Gasteiger partial charge on any atom is -0.465 e. The maximum absolute atomic E-state index is 12.2. The van der Waals surface area contributed by atoms with E-state index in [-0.39, 0.29) is 12.1 Å². The van der Waals surface area contributed by atoms with Gasteiger partial charge in [-0.2, -0.15) is 10.4 Å². The fraction of sp³-hybridized carbons (Fsp3) is 0.438. The minimum absolute atomic E-state index is 0.185. The first-order valence-electron chi connectivity index (χ1n) is 14.8. The average molecular weight is 566 g/mol. The largest absolute Gasteiger partial charge is 0.465 e. The lowest BCUT2D eigenvalue weighted by atomic mass is 9.98. The zero-order chi connectivity index (χ0) is 28.6. The fourth-order valence-corrected chi connectivity index (χ4v) is 6.44. The van der Waals surface area contributed by atoms with Crippen LogP contribution in [0.15, 0.2) is 48.7 Å². The van der Waals surface area contributed by atoms with Crippen LogP contribution in [0, 0.1) is 11.3 Å². The molecule has 0 saturated carbocycles.